The van der Waals surface area contributed by atoms with E-state index in [4.69, 9.17) is 0 Å². The first-order valence-corrected chi connectivity index (χ1v) is 10.5. The van der Waals surface area contributed by atoms with Crippen LogP contribution in [0.2, 0.25) is 0 Å². The zero-order chi connectivity index (χ0) is 17.2. The van der Waals surface area contributed by atoms with Crippen LogP contribution < -0.4 is 5.32 Å². The fraction of sp³-hybridized carbons (Fsp3) is 0.684. The quantitative estimate of drug-likeness (QED) is 0.896. The molecule has 1 aromatic heterocycles. The molecule has 4 rings (SSSR count). The van der Waals surface area contributed by atoms with Crippen molar-refractivity contribution in [3.8, 4) is 0 Å². The fourth-order valence-electron chi connectivity index (χ4n) is 4.10. The molecule has 2 saturated heterocycles. The first-order valence-electron chi connectivity index (χ1n) is 9.56. The Labute approximate surface area is 153 Å². The Hall–Kier alpha value is -1.40. The number of hydrogen-bond donors (Lipinski definition) is 1. The molecular weight excluding hydrogens is 334 g/mol. The van der Waals surface area contributed by atoms with Gasteiger partial charge in [-0.3, -0.25) is 14.5 Å². The van der Waals surface area contributed by atoms with Gasteiger partial charge in [0.25, 0.3) is 5.91 Å². The molecule has 1 unspecified atom stereocenters. The van der Waals surface area contributed by atoms with Crippen LogP contribution in [0, 0.1) is 5.92 Å². The van der Waals surface area contributed by atoms with Crippen molar-refractivity contribution in [3.63, 3.8) is 0 Å². The number of amides is 2. The van der Waals surface area contributed by atoms with Gasteiger partial charge in [0.2, 0.25) is 5.91 Å². The van der Waals surface area contributed by atoms with Crippen molar-refractivity contribution in [2.24, 2.45) is 5.92 Å². The third-order valence-corrected chi connectivity index (χ3v) is 6.47. The number of thiophene rings is 1. The summed E-state index contributed by atoms with van der Waals surface area (Å²) in [5, 5.41) is 7.06. The summed E-state index contributed by atoms with van der Waals surface area (Å²) in [6.45, 7) is 3.64. The zero-order valence-electron chi connectivity index (χ0n) is 14.7. The van der Waals surface area contributed by atoms with Crippen LogP contribution in [0.4, 0.5) is 0 Å². The van der Waals surface area contributed by atoms with Gasteiger partial charge < -0.3 is 10.2 Å². The van der Waals surface area contributed by atoms with Crippen molar-refractivity contribution in [2.75, 3.05) is 26.2 Å². The van der Waals surface area contributed by atoms with E-state index in [1.54, 1.807) is 11.3 Å². The molecule has 136 valence electrons. The largest absolute Gasteiger partial charge is 0.353 e. The summed E-state index contributed by atoms with van der Waals surface area (Å²) in [7, 11) is 0. The highest BCUT2D eigenvalue weighted by Gasteiger charge is 2.34. The number of nitrogens with one attached hydrogen (secondary N) is 1. The third-order valence-electron chi connectivity index (χ3n) is 5.78. The Morgan fingerprint density at radius 2 is 1.88 bits per heavy atom. The summed E-state index contributed by atoms with van der Waals surface area (Å²) in [6.07, 6.45) is 6.47. The molecule has 2 aliphatic heterocycles. The van der Waals surface area contributed by atoms with Crippen molar-refractivity contribution in [2.45, 2.75) is 50.6 Å². The van der Waals surface area contributed by atoms with E-state index in [0.717, 1.165) is 70.3 Å². The normalized spacial score (nSPS) is 25.8. The summed E-state index contributed by atoms with van der Waals surface area (Å²) < 4.78 is 0. The Morgan fingerprint density at radius 3 is 2.56 bits per heavy atom. The van der Waals surface area contributed by atoms with Gasteiger partial charge in [-0.25, -0.2) is 0 Å². The highest BCUT2D eigenvalue weighted by Crippen LogP contribution is 2.26. The second-order valence-corrected chi connectivity index (χ2v) is 8.43. The van der Waals surface area contributed by atoms with Crippen LogP contribution >= 0.6 is 11.3 Å². The number of carbonyl (C=O) groups is 2. The van der Waals surface area contributed by atoms with E-state index >= 15 is 0 Å². The number of piperidine rings is 2. The standard InChI is InChI=1S/C19H27N3O2S/c23-18(20-16-3-4-16)14-2-1-8-22(12-14)17-5-9-21(10-6-17)19(24)15-7-11-25-13-15/h7,11,13-14,16-17H,1-6,8-10,12H2,(H,20,23). The van der Waals surface area contributed by atoms with Crippen LogP contribution in [0.15, 0.2) is 16.8 Å². The third kappa shape index (κ3) is 4.06. The number of likely N-dealkylation sites (tertiary alicyclic amines) is 2. The van der Waals surface area contributed by atoms with Gasteiger partial charge in [-0.2, -0.15) is 11.3 Å². The fourth-order valence-corrected chi connectivity index (χ4v) is 4.73. The van der Waals surface area contributed by atoms with E-state index in [1.807, 2.05) is 21.7 Å². The molecule has 3 aliphatic rings. The lowest BCUT2D eigenvalue weighted by atomic mass is 9.93. The smallest absolute Gasteiger partial charge is 0.254 e. The molecule has 3 fully saturated rings. The first kappa shape index (κ1) is 17.0. The second-order valence-electron chi connectivity index (χ2n) is 7.65. The Balaban J connectivity index is 1.28. The van der Waals surface area contributed by atoms with Gasteiger partial charge >= 0.3 is 0 Å². The molecule has 25 heavy (non-hydrogen) atoms. The molecule has 1 atom stereocenters. The molecule has 1 aliphatic carbocycles. The Morgan fingerprint density at radius 1 is 1.08 bits per heavy atom. The first-order chi connectivity index (χ1) is 12.2. The molecule has 0 spiro atoms. The molecule has 1 N–H and O–H groups in total. The maximum Gasteiger partial charge on any atom is 0.254 e. The minimum Gasteiger partial charge on any atom is -0.353 e. The van der Waals surface area contributed by atoms with Gasteiger partial charge in [-0.1, -0.05) is 0 Å². The van der Waals surface area contributed by atoms with Crippen LogP contribution in [0.25, 0.3) is 0 Å². The van der Waals surface area contributed by atoms with E-state index in [1.165, 1.54) is 0 Å². The minimum atomic E-state index is 0.153. The SMILES string of the molecule is O=C(NC1CC1)C1CCCN(C2CCN(C(=O)c3ccsc3)CC2)C1. The maximum absolute atomic E-state index is 12.5. The average molecular weight is 362 g/mol. The van der Waals surface area contributed by atoms with E-state index < -0.39 is 0 Å². The van der Waals surface area contributed by atoms with Crippen molar-refractivity contribution >= 4 is 23.2 Å². The van der Waals surface area contributed by atoms with Gasteiger partial charge in [0.15, 0.2) is 0 Å². The van der Waals surface area contributed by atoms with Gasteiger partial charge in [0.05, 0.1) is 11.5 Å². The molecule has 6 heteroatoms. The number of nitrogens with zero attached hydrogens (tertiary/aromatic N) is 2. The predicted octanol–water partition coefficient (Wildman–Crippen LogP) is 2.34. The van der Waals surface area contributed by atoms with Crippen molar-refractivity contribution < 1.29 is 9.59 Å². The lowest BCUT2D eigenvalue weighted by molar-refractivity contribution is -0.127. The summed E-state index contributed by atoms with van der Waals surface area (Å²) in [5.74, 6) is 0.581. The molecule has 2 amide bonds. The zero-order valence-corrected chi connectivity index (χ0v) is 15.5. The van der Waals surface area contributed by atoms with Crippen LogP contribution in [-0.4, -0.2) is 59.9 Å². The number of hydrogen-bond acceptors (Lipinski definition) is 4. The van der Waals surface area contributed by atoms with Crippen molar-refractivity contribution in [1.82, 2.24) is 15.1 Å². The highest BCUT2D eigenvalue weighted by atomic mass is 32.1. The molecule has 0 bridgehead atoms. The van der Waals surface area contributed by atoms with Crippen LogP contribution in [0.3, 0.4) is 0 Å². The minimum absolute atomic E-state index is 0.153. The highest BCUT2D eigenvalue weighted by molar-refractivity contribution is 7.08. The van der Waals surface area contributed by atoms with Gasteiger partial charge in [0, 0.05) is 37.1 Å². The van der Waals surface area contributed by atoms with Gasteiger partial charge in [-0.05, 0) is 56.5 Å². The monoisotopic (exact) mass is 361 g/mol. The summed E-state index contributed by atoms with van der Waals surface area (Å²) in [5.41, 5.74) is 0.818. The lowest BCUT2D eigenvalue weighted by Gasteiger charge is -2.42. The average Bonchev–Trinajstić information content (AvgIpc) is 3.30. The van der Waals surface area contributed by atoms with E-state index in [9.17, 15) is 9.59 Å². The van der Waals surface area contributed by atoms with Crippen LogP contribution in [0.5, 0.6) is 0 Å². The van der Waals surface area contributed by atoms with E-state index in [0.29, 0.717) is 12.1 Å². The predicted molar refractivity (Wildman–Crippen MR) is 98.7 cm³/mol. The number of rotatable bonds is 4. The Bertz CT molecular complexity index is 606. The molecule has 0 radical (unpaired) electrons. The van der Waals surface area contributed by atoms with Gasteiger partial charge in [0.1, 0.15) is 0 Å². The van der Waals surface area contributed by atoms with E-state index in [-0.39, 0.29) is 17.7 Å². The molecule has 5 nitrogen and oxygen atoms in total. The topological polar surface area (TPSA) is 52.7 Å². The summed E-state index contributed by atoms with van der Waals surface area (Å²) in [6, 6.07) is 2.88. The van der Waals surface area contributed by atoms with Crippen LogP contribution in [-0.2, 0) is 4.79 Å². The second kappa shape index (κ2) is 7.46. The van der Waals surface area contributed by atoms with Crippen molar-refractivity contribution in [1.29, 1.82) is 0 Å². The number of carbonyl (C=O) groups excluding carboxylic acids is 2. The van der Waals surface area contributed by atoms with E-state index in [2.05, 4.69) is 10.2 Å². The molecular formula is C19H27N3O2S. The Kier molecular flexibility index (Phi) is 5.08. The summed E-state index contributed by atoms with van der Waals surface area (Å²) in [4.78, 5) is 29.3. The summed E-state index contributed by atoms with van der Waals surface area (Å²) >= 11 is 1.57. The molecule has 3 heterocycles. The molecule has 1 saturated carbocycles. The lowest BCUT2D eigenvalue weighted by Crippen LogP contribution is -2.51. The molecule has 0 aromatic carbocycles. The maximum atomic E-state index is 12.5. The van der Waals surface area contributed by atoms with Crippen molar-refractivity contribution in [3.05, 3.63) is 22.4 Å². The molecule has 1 aromatic rings. The van der Waals surface area contributed by atoms with Gasteiger partial charge in [-0.15, -0.1) is 0 Å². The van der Waals surface area contributed by atoms with Crippen LogP contribution in [0.1, 0.15) is 48.9 Å².